The molecule has 9 heteroatoms. The van der Waals surface area contributed by atoms with Crippen molar-refractivity contribution >= 4 is 40.0 Å². The van der Waals surface area contributed by atoms with Crippen molar-refractivity contribution in [1.29, 1.82) is 0 Å². The highest BCUT2D eigenvalue weighted by atomic mass is 19.1. The zero-order chi connectivity index (χ0) is 19.7. The first-order valence-electron chi connectivity index (χ1n) is 8.62. The highest BCUT2D eigenvalue weighted by Crippen LogP contribution is 2.25. The number of rotatable bonds is 6. The van der Waals surface area contributed by atoms with Crippen LogP contribution in [0, 0.1) is 5.82 Å². The Labute approximate surface area is 159 Å². The molecule has 4 aromatic rings. The fourth-order valence-electron chi connectivity index (χ4n) is 2.87. The van der Waals surface area contributed by atoms with Crippen LogP contribution in [0.15, 0.2) is 40.8 Å². The van der Waals surface area contributed by atoms with Crippen LogP contribution in [0.1, 0.15) is 10.4 Å². The van der Waals surface area contributed by atoms with Crippen molar-refractivity contribution in [3.05, 3.63) is 47.8 Å². The van der Waals surface area contributed by atoms with E-state index in [9.17, 15) is 9.18 Å². The van der Waals surface area contributed by atoms with Gasteiger partial charge < -0.3 is 19.0 Å². The average molecular weight is 383 g/mol. The summed E-state index contributed by atoms with van der Waals surface area (Å²) < 4.78 is 25.6. The number of ether oxygens (including phenoxy) is 1. The van der Waals surface area contributed by atoms with Gasteiger partial charge in [-0.2, -0.15) is 4.98 Å². The Morgan fingerprint density at radius 3 is 2.89 bits per heavy atom. The van der Waals surface area contributed by atoms with Gasteiger partial charge in [0.1, 0.15) is 11.3 Å². The van der Waals surface area contributed by atoms with Crippen LogP contribution in [0.3, 0.4) is 0 Å². The second-order valence-electron chi connectivity index (χ2n) is 6.20. The second-order valence-corrected chi connectivity index (χ2v) is 6.20. The van der Waals surface area contributed by atoms with Gasteiger partial charge in [0, 0.05) is 32.3 Å². The first-order valence-corrected chi connectivity index (χ1v) is 8.62. The van der Waals surface area contributed by atoms with Crippen LogP contribution >= 0.6 is 0 Å². The molecule has 0 atom stereocenters. The molecule has 8 nitrogen and oxygen atoms in total. The van der Waals surface area contributed by atoms with Crippen molar-refractivity contribution in [3.8, 4) is 0 Å². The maximum absolute atomic E-state index is 13.3. The van der Waals surface area contributed by atoms with Crippen LogP contribution in [0.4, 0.5) is 16.4 Å². The maximum atomic E-state index is 13.3. The molecule has 1 amide bonds. The minimum atomic E-state index is -0.394. The fourth-order valence-corrected chi connectivity index (χ4v) is 2.87. The topological polar surface area (TPSA) is 94.2 Å². The summed E-state index contributed by atoms with van der Waals surface area (Å²) in [6.07, 6.45) is 0. The Balaban J connectivity index is 1.60. The predicted molar refractivity (Wildman–Crippen MR) is 102 cm³/mol. The molecular formula is C19H18FN5O3. The van der Waals surface area contributed by atoms with E-state index in [-0.39, 0.29) is 11.9 Å². The summed E-state index contributed by atoms with van der Waals surface area (Å²) in [6, 6.07) is 9.61. The first kappa shape index (κ1) is 17.9. The van der Waals surface area contributed by atoms with Crippen molar-refractivity contribution in [2.75, 3.05) is 25.6 Å². The van der Waals surface area contributed by atoms with E-state index in [1.165, 1.54) is 12.1 Å². The van der Waals surface area contributed by atoms with Crippen LogP contribution in [-0.4, -0.2) is 40.7 Å². The number of nitrogens with zero attached hydrogens (tertiary/aromatic N) is 3. The summed E-state index contributed by atoms with van der Waals surface area (Å²) in [7, 11) is 3.41. The summed E-state index contributed by atoms with van der Waals surface area (Å²) in [6.45, 7) is 0.876. The van der Waals surface area contributed by atoms with E-state index in [0.717, 1.165) is 5.52 Å². The van der Waals surface area contributed by atoms with Crippen LogP contribution in [0.5, 0.6) is 0 Å². The van der Waals surface area contributed by atoms with Gasteiger partial charge in [0.2, 0.25) is 5.95 Å². The minimum Gasteiger partial charge on any atom is -0.423 e. The predicted octanol–water partition coefficient (Wildman–Crippen LogP) is 2.97. The summed E-state index contributed by atoms with van der Waals surface area (Å²) >= 11 is 0. The van der Waals surface area contributed by atoms with Crippen LogP contribution < -0.4 is 10.6 Å². The highest BCUT2D eigenvalue weighted by molar-refractivity contribution is 5.97. The number of imidazole rings is 1. The van der Waals surface area contributed by atoms with Crippen LogP contribution in [0.25, 0.3) is 22.1 Å². The molecule has 4 rings (SSSR count). The first-order chi connectivity index (χ1) is 13.5. The number of methoxy groups -OCH3 is 1. The number of aryl methyl sites for hydroxylation is 1. The zero-order valence-corrected chi connectivity index (χ0v) is 15.3. The van der Waals surface area contributed by atoms with E-state index in [1.807, 2.05) is 17.7 Å². The van der Waals surface area contributed by atoms with Gasteiger partial charge in [-0.25, -0.2) is 9.37 Å². The molecule has 0 saturated heterocycles. The molecule has 0 radical (unpaired) electrons. The van der Waals surface area contributed by atoms with Gasteiger partial charge in [0.25, 0.3) is 5.91 Å². The fraction of sp³-hybridized carbons (Fsp3) is 0.211. The third kappa shape index (κ3) is 3.39. The Bertz CT molecular complexity index is 1170. The number of carbonyl (C=O) groups excluding carboxylic acids is 1. The monoisotopic (exact) mass is 383 g/mol. The molecule has 28 heavy (non-hydrogen) atoms. The van der Waals surface area contributed by atoms with Crippen LogP contribution in [0.2, 0.25) is 0 Å². The minimum absolute atomic E-state index is 0.194. The van der Waals surface area contributed by atoms with Gasteiger partial charge in [-0.3, -0.25) is 10.1 Å². The van der Waals surface area contributed by atoms with Crippen molar-refractivity contribution in [1.82, 2.24) is 19.9 Å². The number of aromatic nitrogens is 3. The number of nitrogens with one attached hydrogen (secondary N) is 2. The number of hydrogen-bond donors (Lipinski definition) is 2. The molecule has 144 valence electrons. The molecule has 0 aliphatic rings. The van der Waals surface area contributed by atoms with E-state index < -0.39 is 5.82 Å². The van der Waals surface area contributed by atoms with E-state index >= 15 is 0 Å². The van der Waals surface area contributed by atoms with Gasteiger partial charge in [-0.05, 0) is 30.3 Å². The Morgan fingerprint density at radius 1 is 1.21 bits per heavy atom. The number of halogens is 1. The largest absolute Gasteiger partial charge is 0.423 e. The molecule has 2 aromatic heterocycles. The number of carbonyl (C=O) groups is 1. The molecule has 2 N–H and O–H groups in total. The van der Waals surface area contributed by atoms with E-state index in [0.29, 0.717) is 41.3 Å². The summed E-state index contributed by atoms with van der Waals surface area (Å²) in [5.74, 6) is -0.103. The molecule has 2 heterocycles. The molecule has 0 bridgehead atoms. The number of anilines is 2. The average Bonchev–Trinajstić information content (AvgIpc) is 3.21. The number of hydrogen-bond acceptors (Lipinski definition) is 6. The molecule has 0 aliphatic carbocycles. The SMILES string of the molecule is COCCNC(=O)c1ccc2c(c1)nc(Nc1nc3ccc(F)cc3o1)n2C. The Kier molecular flexibility index (Phi) is 4.66. The van der Waals surface area contributed by atoms with Gasteiger partial charge in [-0.1, -0.05) is 0 Å². The molecule has 0 fully saturated rings. The smallest absolute Gasteiger partial charge is 0.302 e. The summed E-state index contributed by atoms with van der Waals surface area (Å²) in [4.78, 5) is 21.0. The lowest BCUT2D eigenvalue weighted by molar-refractivity contribution is 0.0937. The normalized spacial score (nSPS) is 11.2. The van der Waals surface area contributed by atoms with E-state index in [2.05, 4.69) is 20.6 Å². The molecule has 0 aliphatic heterocycles. The molecule has 0 spiro atoms. The zero-order valence-electron chi connectivity index (χ0n) is 15.3. The molecule has 0 unspecified atom stereocenters. The molecule has 2 aromatic carbocycles. The van der Waals surface area contributed by atoms with Crippen molar-refractivity contribution in [2.24, 2.45) is 7.05 Å². The standard InChI is InChI=1S/C19H18FN5O3/c1-25-15-6-3-11(17(26)21-7-8-27-2)9-14(15)22-18(25)24-19-23-13-5-4-12(20)10-16(13)28-19/h3-6,9-10H,7-8H2,1-2H3,(H,21,26)(H,22,23,24). The van der Waals surface area contributed by atoms with Gasteiger partial charge in [0.15, 0.2) is 5.58 Å². The van der Waals surface area contributed by atoms with E-state index in [1.54, 1.807) is 25.3 Å². The second kappa shape index (κ2) is 7.28. The third-order valence-electron chi connectivity index (χ3n) is 4.30. The lowest BCUT2D eigenvalue weighted by atomic mass is 10.2. The number of amides is 1. The van der Waals surface area contributed by atoms with Crippen molar-refractivity contribution in [2.45, 2.75) is 0 Å². The van der Waals surface area contributed by atoms with Crippen LogP contribution in [-0.2, 0) is 11.8 Å². The molecular weight excluding hydrogens is 365 g/mol. The van der Waals surface area contributed by atoms with Crippen molar-refractivity contribution < 1.29 is 18.3 Å². The number of fused-ring (bicyclic) bond motifs is 2. The van der Waals surface area contributed by atoms with Gasteiger partial charge in [-0.15, -0.1) is 0 Å². The number of oxazole rings is 1. The van der Waals surface area contributed by atoms with Crippen molar-refractivity contribution in [3.63, 3.8) is 0 Å². The Hall–Kier alpha value is -3.46. The lowest BCUT2D eigenvalue weighted by Crippen LogP contribution is -2.26. The lowest BCUT2D eigenvalue weighted by Gasteiger charge is -2.04. The van der Waals surface area contributed by atoms with E-state index in [4.69, 9.17) is 9.15 Å². The highest BCUT2D eigenvalue weighted by Gasteiger charge is 2.14. The quantitative estimate of drug-likeness (QED) is 0.497. The Morgan fingerprint density at radius 2 is 2.07 bits per heavy atom. The third-order valence-corrected chi connectivity index (χ3v) is 4.30. The van der Waals surface area contributed by atoms with Gasteiger partial charge in [0.05, 0.1) is 17.6 Å². The number of benzene rings is 2. The summed E-state index contributed by atoms with van der Waals surface area (Å²) in [5, 5.41) is 5.77. The van der Waals surface area contributed by atoms with Gasteiger partial charge >= 0.3 is 6.01 Å². The maximum Gasteiger partial charge on any atom is 0.302 e. The summed E-state index contributed by atoms with van der Waals surface area (Å²) in [5.41, 5.74) is 2.86. The molecule has 0 saturated carbocycles.